The topological polar surface area (TPSA) is 54.5 Å². The van der Waals surface area contributed by atoms with E-state index in [1.54, 1.807) is 11.1 Å². The number of carbonyl (C=O) groups is 1. The monoisotopic (exact) mass is 319 g/mol. The maximum atomic E-state index is 12.6. The number of carbonyl (C=O) groups excluding carboxylic acids is 1. The zero-order valence-electron chi connectivity index (χ0n) is 14.8. The van der Waals surface area contributed by atoms with Crippen LogP contribution in [0.5, 0.6) is 0 Å². The maximum Gasteiger partial charge on any atom is 0.416 e. The SMILES string of the molecule is CCCN(C(=O)OC(C)(C)C)c1ncccc1[C@@H]1CCCCN1. The minimum absolute atomic E-state index is 0.259. The van der Waals surface area contributed by atoms with Crippen LogP contribution < -0.4 is 10.2 Å². The standard InChI is InChI=1S/C18H29N3O2/c1-5-13-21(17(22)23-18(2,3)4)16-14(9-8-12-20-16)15-10-6-7-11-19-15/h8-9,12,15,19H,5-7,10-11,13H2,1-4H3/t15-/m0/s1. The minimum atomic E-state index is -0.513. The summed E-state index contributed by atoms with van der Waals surface area (Å²) >= 11 is 0. The molecule has 128 valence electrons. The minimum Gasteiger partial charge on any atom is -0.443 e. The van der Waals surface area contributed by atoms with Gasteiger partial charge in [0.1, 0.15) is 11.4 Å². The molecule has 2 heterocycles. The average molecular weight is 319 g/mol. The first kappa shape index (κ1) is 17.7. The van der Waals surface area contributed by atoms with E-state index < -0.39 is 5.60 Å². The Morgan fingerprint density at radius 1 is 1.43 bits per heavy atom. The van der Waals surface area contributed by atoms with Gasteiger partial charge in [-0.1, -0.05) is 19.4 Å². The predicted octanol–water partition coefficient (Wildman–Crippen LogP) is 4.05. The smallest absolute Gasteiger partial charge is 0.416 e. The van der Waals surface area contributed by atoms with E-state index in [0.717, 1.165) is 30.8 Å². The van der Waals surface area contributed by atoms with E-state index in [9.17, 15) is 4.79 Å². The van der Waals surface area contributed by atoms with Gasteiger partial charge in [0.05, 0.1) is 0 Å². The molecule has 5 nitrogen and oxygen atoms in total. The fourth-order valence-corrected chi connectivity index (χ4v) is 2.85. The summed E-state index contributed by atoms with van der Waals surface area (Å²) < 4.78 is 5.58. The van der Waals surface area contributed by atoms with Gasteiger partial charge in [-0.3, -0.25) is 4.90 Å². The summed E-state index contributed by atoms with van der Waals surface area (Å²) in [5.74, 6) is 0.725. The van der Waals surface area contributed by atoms with Crippen molar-refractivity contribution in [2.45, 2.75) is 65.0 Å². The van der Waals surface area contributed by atoms with Gasteiger partial charge >= 0.3 is 6.09 Å². The average Bonchev–Trinajstić information content (AvgIpc) is 2.52. The molecule has 0 bridgehead atoms. The summed E-state index contributed by atoms with van der Waals surface area (Å²) in [6, 6.07) is 4.27. The number of aromatic nitrogens is 1. The van der Waals surface area contributed by atoms with E-state index in [1.165, 1.54) is 12.8 Å². The molecule has 0 unspecified atom stereocenters. The van der Waals surface area contributed by atoms with Crippen molar-refractivity contribution in [1.29, 1.82) is 0 Å². The Morgan fingerprint density at radius 3 is 2.83 bits per heavy atom. The third-order valence-electron chi connectivity index (χ3n) is 3.82. The Morgan fingerprint density at radius 2 is 2.22 bits per heavy atom. The summed E-state index contributed by atoms with van der Waals surface area (Å²) in [6.45, 7) is 9.33. The van der Waals surface area contributed by atoms with Crippen molar-refractivity contribution in [3.8, 4) is 0 Å². The number of ether oxygens (including phenoxy) is 1. The molecule has 1 atom stereocenters. The Bertz CT molecular complexity index is 519. The second-order valence-electron chi connectivity index (χ2n) is 7.05. The van der Waals surface area contributed by atoms with Crippen molar-refractivity contribution in [3.05, 3.63) is 23.9 Å². The van der Waals surface area contributed by atoms with Gasteiger partial charge in [-0.2, -0.15) is 0 Å². The van der Waals surface area contributed by atoms with E-state index in [4.69, 9.17) is 4.74 Å². The van der Waals surface area contributed by atoms with Crippen molar-refractivity contribution in [2.24, 2.45) is 0 Å². The number of nitrogens with one attached hydrogen (secondary N) is 1. The first-order valence-corrected chi connectivity index (χ1v) is 8.61. The van der Waals surface area contributed by atoms with Gasteiger partial charge in [-0.25, -0.2) is 9.78 Å². The van der Waals surface area contributed by atoms with Gasteiger partial charge in [0.2, 0.25) is 0 Å². The van der Waals surface area contributed by atoms with Crippen molar-refractivity contribution in [3.63, 3.8) is 0 Å². The van der Waals surface area contributed by atoms with Gasteiger partial charge in [0.15, 0.2) is 0 Å². The van der Waals surface area contributed by atoms with Crippen LogP contribution in [0.2, 0.25) is 0 Å². The number of piperidine rings is 1. The Kier molecular flexibility index (Phi) is 5.99. The zero-order chi connectivity index (χ0) is 16.9. The molecule has 0 saturated carbocycles. The molecule has 1 aromatic rings. The van der Waals surface area contributed by atoms with Crippen LogP contribution in [0.4, 0.5) is 10.6 Å². The molecular weight excluding hydrogens is 290 g/mol. The summed E-state index contributed by atoms with van der Waals surface area (Å²) in [5, 5.41) is 3.54. The molecule has 23 heavy (non-hydrogen) atoms. The number of amides is 1. The second kappa shape index (κ2) is 7.77. The number of hydrogen-bond acceptors (Lipinski definition) is 4. The first-order chi connectivity index (χ1) is 10.9. The highest BCUT2D eigenvalue weighted by atomic mass is 16.6. The van der Waals surface area contributed by atoms with E-state index >= 15 is 0 Å². The van der Waals surface area contributed by atoms with Crippen molar-refractivity contribution >= 4 is 11.9 Å². The third-order valence-corrected chi connectivity index (χ3v) is 3.82. The molecule has 1 N–H and O–H groups in total. The van der Waals surface area contributed by atoms with Crippen LogP contribution in [0.15, 0.2) is 18.3 Å². The number of hydrogen-bond donors (Lipinski definition) is 1. The molecular formula is C18H29N3O2. The molecule has 1 amide bonds. The molecule has 1 aliphatic heterocycles. The van der Waals surface area contributed by atoms with Gasteiger partial charge in [0, 0.05) is 24.3 Å². The summed E-state index contributed by atoms with van der Waals surface area (Å²) in [4.78, 5) is 18.8. The highest BCUT2D eigenvalue weighted by Gasteiger charge is 2.28. The fraction of sp³-hybridized carbons (Fsp3) is 0.667. The van der Waals surface area contributed by atoms with Crippen LogP contribution in [-0.4, -0.2) is 29.8 Å². The maximum absolute atomic E-state index is 12.6. The molecule has 1 fully saturated rings. The highest BCUT2D eigenvalue weighted by molar-refractivity contribution is 5.87. The zero-order valence-corrected chi connectivity index (χ0v) is 14.8. The quantitative estimate of drug-likeness (QED) is 0.909. The van der Waals surface area contributed by atoms with E-state index in [1.807, 2.05) is 26.8 Å². The number of anilines is 1. The fourth-order valence-electron chi connectivity index (χ4n) is 2.85. The molecule has 0 aliphatic carbocycles. The predicted molar refractivity (Wildman–Crippen MR) is 92.7 cm³/mol. The second-order valence-corrected chi connectivity index (χ2v) is 7.05. The molecule has 1 aromatic heterocycles. The lowest BCUT2D eigenvalue weighted by atomic mass is 9.97. The molecule has 0 spiro atoms. The Hall–Kier alpha value is -1.62. The van der Waals surface area contributed by atoms with Gasteiger partial charge < -0.3 is 10.1 Å². The third kappa shape index (κ3) is 4.93. The van der Waals surface area contributed by atoms with Gasteiger partial charge in [-0.15, -0.1) is 0 Å². The lowest BCUT2D eigenvalue weighted by molar-refractivity contribution is 0.0578. The summed E-state index contributed by atoms with van der Waals surface area (Å²) in [7, 11) is 0. The first-order valence-electron chi connectivity index (χ1n) is 8.61. The van der Waals surface area contributed by atoms with Crippen LogP contribution in [0.25, 0.3) is 0 Å². The van der Waals surface area contributed by atoms with Gasteiger partial charge in [-0.05, 0) is 52.6 Å². The Balaban J connectivity index is 2.29. The largest absolute Gasteiger partial charge is 0.443 e. The van der Waals surface area contributed by atoms with E-state index in [2.05, 4.69) is 23.3 Å². The molecule has 2 rings (SSSR count). The summed E-state index contributed by atoms with van der Waals surface area (Å²) in [5.41, 5.74) is 0.577. The van der Waals surface area contributed by atoms with Crippen molar-refractivity contribution in [2.75, 3.05) is 18.0 Å². The molecule has 1 aliphatic rings. The van der Waals surface area contributed by atoms with Crippen LogP contribution >= 0.6 is 0 Å². The molecule has 0 aromatic carbocycles. The molecule has 0 radical (unpaired) electrons. The lowest BCUT2D eigenvalue weighted by Gasteiger charge is -2.31. The van der Waals surface area contributed by atoms with Crippen LogP contribution in [0, 0.1) is 0 Å². The normalized spacial score (nSPS) is 18.5. The number of pyridine rings is 1. The van der Waals surface area contributed by atoms with Crippen LogP contribution in [0.1, 0.15) is 65.0 Å². The van der Waals surface area contributed by atoms with Crippen molar-refractivity contribution < 1.29 is 9.53 Å². The Labute approximate surface area is 139 Å². The highest BCUT2D eigenvalue weighted by Crippen LogP contribution is 2.30. The number of rotatable bonds is 4. The lowest BCUT2D eigenvalue weighted by Crippen LogP contribution is -2.39. The van der Waals surface area contributed by atoms with E-state index in [0.29, 0.717) is 6.54 Å². The van der Waals surface area contributed by atoms with Gasteiger partial charge in [0.25, 0.3) is 0 Å². The molecule has 5 heteroatoms. The molecule has 1 saturated heterocycles. The van der Waals surface area contributed by atoms with Crippen LogP contribution in [0.3, 0.4) is 0 Å². The van der Waals surface area contributed by atoms with Crippen LogP contribution in [-0.2, 0) is 4.74 Å². The summed E-state index contributed by atoms with van der Waals surface area (Å²) in [6.07, 6.45) is 5.76. The van der Waals surface area contributed by atoms with Crippen molar-refractivity contribution in [1.82, 2.24) is 10.3 Å². The number of nitrogens with zero attached hydrogens (tertiary/aromatic N) is 2. The van der Waals surface area contributed by atoms with E-state index in [-0.39, 0.29) is 12.1 Å².